The summed E-state index contributed by atoms with van der Waals surface area (Å²) >= 11 is 0. The molecule has 0 N–H and O–H groups in total. The lowest BCUT2D eigenvalue weighted by atomic mass is 10.1. The standard InChI is InChI=1S/C26H37N3O4/c1-4-13-28(25(30)21-8-5-6-9-21)17-22-10-7-14-27(22)18-23-11-12-24(33-23)26(31)29-15-19(2)32-20(3)16-29/h7,10-12,14,19-21H,4-6,8-9,13,15-18H2,1-3H3. The number of hydrogen-bond acceptors (Lipinski definition) is 4. The van der Waals surface area contributed by atoms with Crippen LogP contribution < -0.4 is 0 Å². The van der Waals surface area contributed by atoms with E-state index in [4.69, 9.17) is 9.15 Å². The third-order valence-electron chi connectivity index (χ3n) is 6.69. The van der Waals surface area contributed by atoms with Crippen molar-refractivity contribution in [3.05, 3.63) is 47.7 Å². The van der Waals surface area contributed by atoms with Crippen molar-refractivity contribution in [3.8, 4) is 0 Å². The van der Waals surface area contributed by atoms with Crippen LogP contribution in [0.2, 0.25) is 0 Å². The van der Waals surface area contributed by atoms with Gasteiger partial charge in [0.2, 0.25) is 5.91 Å². The van der Waals surface area contributed by atoms with Crippen LogP contribution in [0.4, 0.5) is 0 Å². The molecule has 4 rings (SSSR count). The van der Waals surface area contributed by atoms with Gasteiger partial charge in [0.05, 0.1) is 25.3 Å². The molecule has 7 nitrogen and oxygen atoms in total. The Labute approximate surface area is 196 Å². The summed E-state index contributed by atoms with van der Waals surface area (Å²) in [6, 6.07) is 7.71. The smallest absolute Gasteiger partial charge is 0.289 e. The number of furan rings is 1. The molecule has 33 heavy (non-hydrogen) atoms. The zero-order chi connectivity index (χ0) is 23.4. The molecule has 0 aromatic carbocycles. The lowest BCUT2D eigenvalue weighted by Crippen LogP contribution is -2.48. The zero-order valence-electron chi connectivity index (χ0n) is 20.2. The molecule has 3 heterocycles. The highest BCUT2D eigenvalue weighted by molar-refractivity contribution is 5.91. The van der Waals surface area contributed by atoms with Gasteiger partial charge in [-0.2, -0.15) is 0 Å². The minimum atomic E-state index is -0.0905. The molecule has 2 aromatic heterocycles. The molecule has 0 radical (unpaired) electrons. The van der Waals surface area contributed by atoms with Gasteiger partial charge in [-0.1, -0.05) is 19.8 Å². The molecule has 2 amide bonds. The van der Waals surface area contributed by atoms with E-state index in [0.717, 1.165) is 50.1 Å². The molecule has 2 aliphatic rings. The lowest BCUT2D eigenvalue weighted by molar-refractivity contribution is -0.136. The average molecular weight is 456 g/mol. The molecule has 0 spiro atoms. The first-order chi connectivity index (χ1) is 15.9. The van der Waals surface area contributed by atoms with Crippen molar-refractivity contribution in [3.63, 3.8) is 0 Å². The predicted molar refractivity (Wildman–Crippen MR) is 126 cm³/mol. The van der Waals surface area contributed by atoms with Gasteiger partial charge in [0.15, 0.2) is 5.76 Å². The maximum absolute atomic E-state index is 13.1. The van der Waals surface area contributed by atoms with Gasteiger partial charge in [0.1, 0.15) is 5.76 Å². The molecule has 2 fully saturated rings. The second-order valence-corrected chi connectivity index (χ2v) is 9.60. The van der Waals surface area contributed by atoms with Crippen molar-refractivity contribution < 1.29 is 18.7 Å². The number of aromatic nitrogens is 1. The monoisotopic (exact) mass is 455 g/mol. The molecule has 2 atom stereocenters. The summed E-state index contributed by atoms with van der Waals surface area (Å²) in [6.07, 6.45) is 7.35. The number of rotatable bonds is 8. The van der Waals surface area contributed by atoms with Gasteiger partial charge in [-0.25, -0.2) is 0 Å². The van der Waals surface area contributed by atoms with Gasteiger partial charge in [-0.05, 0) is 57.4 Å². The highest BCUT2D eigenvalue weighted by atomic mass is 16.5. The van der Waals surface area contributed by atoms with Crippen molar-refractivity contribution >= 4 is 11.8 Å². The highest BCUT2D eigenvalue weighted by Gasteiger charge is 2.29. The van der Waals surface area contributed by atoms with Crippen molar-refractivity contribution in [2.24, 2.45) is 5.92 Å². The van der Waals surface area contributed by atoms with Crippen LogP contribution >= 0.6 is 0 Å². The fourth-order valence-electron chi connectivity index (χ4n) is 5.16. The molecule has 0 bridgehead atoms. The minimum absolute atomic E-state index is 0.0209. The first kappa shape index (κ1) is 23.6. The largest absolute Gasteiger partial charge is 0.454 e. The Morgan fingerprint density at radius 1 is 1.09 bits per heavy atom. The number of nitrogens with zero attached hydrogens (tertiary/aromatic N) is 3. The Kier molecular flexibility index (Phi) is 7.58. The normalized spacial score (nSPS) is 21.5. The van der Waals surface area contributed by atoms with E-state index in [1.54, 1.807) is 11.0 Å². The van der Waals surface area contributed by atoms with Crippen LogP contribution in [-0.4, -0.2) is 58.0 Å². The molecule has 180 valence electrons. The number of carbonyl (C=O) groups excluding carboxylic acids is 2. The Bertz CT molecular complexity index is 933. The van der Waals surface area contributed by atoms with Crippen molar-refractivity contribution in [2.45, 2.75) is 78.2 Å². The number of morpholine rings is 1. The second kappa shape index (κ2) is 10.6. The van der Waals surface area contributed by atoms with Gasteiger partial charge in [0.25, 0.3) is 5.91 Å². The fourth-order valence-corrected chi connectivity index (χ4v) is 5.16. The Morgan fingerprint density at radius 2 is 1.82 bits per heavy atom. The zero-order valence-corrected chi connectivity index (χ0v) is 20.2. The third-order valence-corrected chi connectivity index (χ3v) is 6.69. The number of hydrogen-bond donors (Lipinski definition) is 0. The summed E-state index contributed by atoms with van der Waals surface area (Å²) in [5.41, 5.74) is 1.08. The summed E-state index contributed by atoms with van der Waals surface area (Å²) in [5, 5.41) is 0. The second-order valence-electron chi connectivity index (χ2n) is 9.60. The molecule has 2 aromatic rings. The topological polar surface area (TPSA) is 67.9 Å². The molecule has 1 aliphatic heterocycles. The molecule has 1 aliphatic carbocycles. The van der Waals surface area contributed by atoms with E-state index in [0.29, 0.717) is 37.8 Å². The van der Waals surface area contributed by atoms with Crippen molar-refractivity contribution in [1.29, 1.82) is 0 Å². The minimum Gasteiger partial charge on any atom is -0.454 e. The summed E-state index contributed by atoms with van der Waals surface area (Å²) < 4.78 is 13.8. The van der Waals surface area contributed by atoms with Gasteiger partial charge in [-0.3, -0.25) is 9.59 Å². The van der Waals surface area contributed by atoms with E-state index in [2.05, 4.69) is 17.6 Å². The third kappa shape index (κ3) is 5.69. The van der Waals surface area contributed by atoms with Crippen molar-refractivity contribution in [1.82, 2.24) is 14.4 Å². The molecular formula is C26H37N3O4. The average Bonchev–Trinajstić information content (AvgIpc) is 3.55. The van der Waals surface area contributed by atoms with E-state index in [-0.39, 0.29) is 24.0 Å². The van der Waals surface area contributed by atoms with E-state index >= 15 is 0 Å². The van der Waals surface area contributed by atoms with Gasteiger partial charge in [-0.15, -0.1) is 0 Å². The Balaban J connectivity index is 1.41. The van der Waals surface area contributed by atoms with Crippen LogP contribution in [-0.2, 0) is 22.6 Å². The van der Waals surface area contributed by atoms with Crippen molar-refractivity contribution in [2.75, 3.05) is 19.6 Å². The quantitative estimate of drug-likeness (QED) is 0.595. The molecular weight excluding hydrogens is 418 g/mol. The van der Waals surface area contributed by atoms with Crippen LogP contribution in [0.25, 0.3) is 0 Å². The van der Waals surface area contributed by atoms with Crippen LogP contribution in [0.5, 0.6) is 0 Å². The summed E-state index contributed by atoms with van der Waals surface area (Å²) in [4.78, 5) is 29.8. The Morgan fingerprint density at radius 3 is 2.52 bits per heavy atom. The van der Waals surface area contributed by atoms with Crippen LogP contribution in [0.1, 0.15) is 74.9 Å². The first-order valence-corrected chi connectivity index (χ1v) is 12.4. The van der Waals surface area contributed by atoms with Gasteiger partial charge < -0.3 is 23.5 Å². The summed E-state index contributed by atoms with van der Waals surface area (Å²) in [5.74, 6) is 1.48. The fraction of sp³-hybridized carbons (Fsp3) is 0.615. The van der Waals surface area contributed by atoms with E-state index < -0.39 is 0 Å². The number of amides is 2. The van der Waals surface area contributed by atoms with Gasteiger partial charge in [0, 0.05) is 37.4 Å². The lowest BCUT2D eigenvalue weighted by Gasteiger charge is -2.34. The van der Waals surface area contributed by atoms with Gasteiger partial charge >= 0.3 is 0 Å². The Hall–Kier alpha value is -2.54. The van der Waals surface area contributed by atoms with Crippen LogP contribution in [0.3, 0.4) is 0 Å². The highest BCUT2D eigenvalue weighted by Crippen LogP contribution is 2.27. The maximum Gasteiger partial charge on any atom is 0.289 e. The molecule has 1 saturated carbocycles. The number of carbonyl (C=O) groups is 2. The summed E-state index contributed by atoms with van der Waals surface area (Å²) in [6.45, 7) is 9.14. The van der Waals surface area contributed by atoms with E-state index in [1.807, 2.05) is 37.1 Å². The first-order valence-electron chi connectivity index (χ1n) is 12.4. The van der Waals surface area contributed by atoms with Crippen LogP contribution in [0, 0.1) is 5.92 Å². The summed E-state index contributed by atoms with van der Waals surface area (Å²) in [7, 11) is 0. The SMILES string of the molecule is CCCN(Cc1cccn1Cc1ccc(C(=O)N2CC(C)OC(C)C2)o1)C(=O)C1CCCC1. The number of ether oxygens (including phenoxy) is 1. The van der Waals surface area contributed by atoms with E-state index in [1.165, 1.54) is 0 Å². The maximum atomic E-state index is 13.1. The predicted octanol–water partition coefficient (Wildman–Crippen LogP) is 4.31. The molecule has 2 unspecified atom stereocenters. The molecule has 7 heteroatoms. The van der Waals surface area contributed by atoms with Crippen LogP contribution in [0.15, 0.2) is 34.9 Å². The van der Waals surface area contributed by atoms with E-state index in [9.17, 15) is 9.59 Å². The molecule has 1 saturated heterocycles.